The van der Waals surface area contributed by atoms with Crippen molar-refractivity contribution >= 4 is 32.7 Å². The maximum Gasteiger partial charge on any atom is 0.573 e. The van der Waals surface area contributed by atoms with E-state index >= 15 is 0 Å². The van der Waals surface area contributed by atoms with E-state index in [1.807, 2.05) is 48.2 Å². The van der Waals surface area contributed by atoms with E-state index in [1.54, 1.807) is 18.2 Å². The molecular formula is C30H28F3N3O3S. The number of phenolic OH excluding ortho intramolecular Hbond substituents is 1. The first kappa shape index (κ1) is 27.4. The number of aromatic hydroxyl groups is 1. The van der Waals surface area contributed by atoms with Gasteiger partial charge in [-0.05, 0) is 78.9 Å². The Morgan fingerprint density at radius 2 is 1.45 bits per heavy atom. The smallest absolute Gasteiger partial charge is 0.504 e. The minimum Gasteiger partial charge on any atom is -0.504 e. The number of phenols is 1. The van der Waals surface area contributed by atoms with Crippen molar-refractivity contribution in [3.05, 3.63) is 102 Å². The number of hydrogen-bond donors (Lipinski definition) is 2. The first-order valence-corrected chi connectivity index (χ1v) is 14.3. The second-order valence-electron chi connectivity index (χ2n) is 9.27. The van der Waals surface area contributed by atoms with E-state index in [1.165, 1.54) is 12.1 Å². The molecule has 1 aliphatic rings. The van der Waals surface area contributed by atoms with Crippen LogP contribution in [0.2, 0.25) is 0 Å². The molecule has 1 unspecified atom stereocenters. The van der Waals surface area contributed by atoms with Crippen LogP contribution in [0.3, 0.4) is 0 Å². The van der Waals surface area contributed by atoms with Gasteiger partial charge in [-0.1, -0.05) is 49.4 Å². The minimum absolute atomic E-state index is 0.134. The predicted octanol–water partition coefficient (Wildman–Crippen LogP) is 8.12. The van der Waals surface area contributed by atoms with Crippen LogP contribution in [-0.2, 0) is 22.8 Å². The van der Waals surface area contributed by atoms with Crippen LogP contribution in [0.4, 0.5) is 35.9 Å². The zero-order chi connectivity index (χ0) is 28.3. The quantitative estimate of drug-likeness (QED) is 0.221. The Balaban J connectivity index is 1.58. The third-order valence-electron chi connectivity index (χ3n) is 6.51. The summed E-state index contributed by atoms with van der Waals surface area (Å²) in [5.74, 6) is -0.567. The highest BCUT2D eigenvalue weighted by molar-refractivity contribution is 7.95. The molecule has 0 fully saturated rings. The molecule has 0 spiro atoms. The topological polar surface area (TPSA) is 74.2 Å². The largest absolute Gasteiger partial charge is 0.573 e. The lowest BCUT2D eigenvalue weighted by Gasteiger charge is -2.28. The summed E-state index contributed by atoms with van der Waals surface area (Å²) < 4.78 is 63.2. The summed E-state index contributed by atoms with van der Waals surface area (Å²) in [7, 11) is -3.38. The van der Waals surface area contributed by atoms with Crippen LogP contribution in [0.25, 0.3) is 0 Å². The number of alkyl halides is 3. The molecule has 2 N–H and O–H groups in total. The van der Waals surface area contributed by atoms with Crippen LogP contribution < -0.4 is 14.4 Å². The Morgan fingerprint density at radius 3 is 2.02 bits per heavy atom. The molecule has 1 aliphatic heterocycles. The number of nitrogens with zero attached hydrogens (tertiary/aromatic N) is 2. The Bertz CT molecular complexity index is 1580. The van der Waals surface area contributed by atoms with Crippen LogP contribution >= 0.6 is 0 Å². The Labute approximate surface area is 231 Å². The van der Waals surface area contributed by atoms with Gasteiger partial charge in [0.2, 0.25) is 0 Å². The second kappa shape index (κ2) is 11.1. The van der Waals surface area contributed by atoms with Crippen molar-refractivity contribution in [2.75, 3.05) is 16.2 Å². The van der Waals surface area contributed by atoms with Crippen molar-refractivity contribution in [1.82, 2.24) is 0 Å². The molecule has 0 radical (unpaired) electrons. The molecule has 5 rings (SSSR count). The molecule has 0 bridgehead atoms. The van der Waals surface area contributed by atoms with Gasteiger partial charge in [-0.15, -0.1) is 13.2 Å². The van der Waals surface area contributed by atoms with Crippen LogP contribution in [0.15, 0.2) is 100 Å². The predicted molar refractivity (Wildman–Crippen MR) is 151 cm³/mol. The average molecular weight is 568 g/mol. The molecule has 6 nitrogen and oxygen atoms in total. The summed E-state index contributed by atoms with van der Waals surface area (Å²) in [5.41, 5.74) is 4.77. The minimum atomic E-state index is -4.84. The second-order valence-corrected chi connectivity index (χ2v) is 11.3. The molecule has 1 heterocycles. The van der Waals surface area contributed by atoms with Crippen LogP contribution in [0.1, 0.15) is 24.5 Å². The van der Waals surface area contributed by atoms with Gasteiger partial charge in [-0.3, -0.25) is 4.72 Å². The number of fused-ring (bicyclic) bond motifs is 2. The molecule has 0 saturated carbocycles. The Morgan fingerprint density at radius 1 is 0.875 bits per heavy atom. The summed E-state index contributed by atoms with van der Waals surface area (Å²) in [5, 5.41) is 11.6. The highest BCUT2D eigenvalue weighted by atomic mass is 32.2. The summed E-state index contributed by atoms with van der Waals surface area (Å²) in [6.07, 6.45) is -2.58. The first-order valence-electron chi connectivity index (χ1n) is 12.8. The molecular weight excluding hydrogens is 539 g/mol. The number of benzene rings is 4. The molecule has 40 heavy (non-hydrogen) atoms. The van der Waals surface area contributed by atoms with Crippen molar-refractivity contribution < 1.29 is 27.2 Å². The lowest BCUT2D eigenvalue weighted by Crippen LogP contribution is -2.18. The van der Waals surface area contributed by atoms with E-state index in [0.29, 0.717) is 12.1 Å². The summed E-state index contributed by atoms with van der Waals surface area (Å²) >= 11 is 0. The van der Waals surface area contributed by atoms with Crippen molar-refractivity contribution in [3.63, 3.8) is 0 Å². The van der Waals surface area contributed by atoms with E-state index in [9.17, 15) is 22.5 Å². The molecule has 0 amide bonds. The number of ether oxygens (including phenoxy) is 1. The zero-order valence-electron chi connectivity index (χ0n) is 21.7. The van der Waals surface area contributed by atoms with Gasteiger partial charge in [0, 0.05) is 11.4 Å². The van der Waals surface area contributed by atoms with Crippen LogP contribution in [0, 0.1) is 0 Å². The number of hydrogen-bond acceptors (Lipinski definition) is 5. The summed E-state index contributed by atoms with van der Waals surface area (Å²) in [6, 6.07) is 25.9. The Kier molecular flexibility index (Phi) is 7.62. The van der Waals surface area contributed by atoms with E-state index < -0.39 is 22.0 Å². The highest BCUT2D eigenvalue weighted by Crippen LogP contribution is 2.47. The Hall–Kier alpha value is -4.18. The fourth-order valence-electron chi connectivity index (χ4n) is 4.69. The van der Waals surface area contributed by atoms with Gasteiger partial charge in [0.15, 0.2) is 15.7 Å². The van der Waals surface area contributed by atoms with Crippen molar-refractivity contribution in [2.24, 2.45) is 4.36 Å². The van der Waals surface area contributed by atoms with Gasteiger partial charge >= 0.3 is 6.36 Å². The van der Waals surface area contributed by atoms with Crippen molar-refractivity contribution in [1.29, 1.82) is 0 Å². The van der Waals surface area contributed by atoms with Crippen molar-refractivity contribution in [2.45, 2.75) is 37.4 Å². The van der Waals surface area contributed by atoms with E-state index in [0.717, 1.165) is 47.5 Å². The number of rotatable bonds is 7. The maximum absolute atomic E-state index is 14.1. The van der Waals surface area contributed by atoms with Crippen LogP contribution in [0.5, 0.6) is 11.5 Å². The van der Waals surface area contributed by atoms with E-state index in [2.05, 4.69) is 26.0 Å². The highest BCUT2D eigenvalue weighted by Gasteiger charge is 2.31. The van der Waals surface area contributed by atoms with Gasteiger partial charge in [-0.2, -0.15) is 0 Å². The molecule has 208 valence electrons. The first-order chi connectivity index (χ1) is 19.2. The van der Waals surface area contributed by atoms with E-state index in [-0.39, 0.29) is 22.9 Å². The fraction of sp³-hybridized carbons (Fsp3) is 0.200. The van der Waals surface area contributed by atoms with Crippen molar-refractivity contribution in [3.8, 4) is 11.5 Å². The fourth-order valence-corrected chi connectivity index (χ4v) is 6.43. The number of aryl methyl sites for hydroxylation is 2. The molecule has 10 heteroatoms. The standard InChI is InChI=1S/C30H28F3N3O3S/c1-2-20-34-40(38,24-18-16-23(17-19-24)39-30(31,32)33)35-25-10-7-13-28(29(25)37)36-26-11-5-3-8-21(26)14-15-22-9-4-6-12-27(22)36/h3-13,16-19,37H,2,14-15,20H2,1H3,(H,34,35,38). The number of nitrogens with one attached hydrogen (secondary N) is 1. The lowest BCUT2D eigenvalue weighted by atomic mass is 10.0. The number of halogens is 3. The molecule has 0 saturated heterocycles. The lowest BCUT2D eigenvalue weighted by molar-refractivity contribution is -0.274. The zero-order valence-corrected chi connectivity index (χ0v) is 22.5. The van der Waals surface area contributed by atoms with Gasteiger partial charge in [0.25, 0.3) is 0 Å². The molecule has 4 aromatic carbocycles. The average Bonchev–Trinajstić information content (AvgIpc) is 3.10. The van der Waals surface area contributed by atoms with Gasteiger partial charge in [0.05, 0.1) is 22.8 Å². The summed E-state index contributed by atoms with van der Waals surface area (Å²) in [4.78, 5) is 2.15. The molecule has 4 aromatic rings. The molecule has 0 aliphatic carbocycles. The van der Waals surface area contributed by atoms with E-state index in [4.69, 9.17) is 0 Å². The number of anilines is 4. The van der Waals surface area contributed by atoms with Gasteiger partial charge in [0.1, 0.15) is 5.75 Å². The van der Waals surface area contributed by atoms with Crippen LogP contribution in [-0.4, -0.2) is 22.2 Å². The monoisotopic (exact) mass is 567 g/mol. The summed E-state index contributed by atoms with van der Waals surface area (Å²) in [6.45, 7) is 2.11. The third kappa shape index (κ3) is 5.72. The van der Waals surface area contributed by atoms with Gasteiger partial charge < -0.3 is 14.7 Å². The van der Waals surface area contributed by atoms with Gasteiger partial charge in [-0.25, -0.2) is 8.57 Å². The SMILES string of the molecule is CCCN=S(=O)(Nc1cccc(N2c3ccccc3CCc3ccccc32)c1O)c1ccc(OC(F)(F)F)cc1. The normalized spacial score (nSPS) is 14.3. The molecule has 0 aromatic heterocycles. The number of para-hydroxylation sites is 3. The maximum atomic E-state index is 14.1. The third-order valence-corrected chi connectivity index (χ3v) is 8.46. The molecule has 1 atom stereocenters.